The molecule has 0 bridgehead atoms. The summed E-state index contributed by atoms with van der Waals surface area (Å²) in [6.07, 6.45) is 10.2. The molecule has 0 amide bonds. The molecule has 1 fully saturated rings. The summed E-state index contributed by atoms with van der Waals surface area (Å²) in [5.41, 5.74) is 0.571. The van der Waals surface area contributed by atoms with Crippen molar-refractivity contribution in [3.05, 3.63) is 12.7 Å². The molecule has 1 nitrogen and oxygen atoms in total. The van der Waals surface area contributed by atoms with Gasteiger partial charge in [-0.3, -0.25) is 0 Å². The van der Waals surface area contributed by atoms with E-state index in [1.807, 2.05) is 0 Å². The standard InChI is InChI=1S/C16H31N/c1-5-7-8-9-14-12-16(3,4)11-10-15(14)13-17-6-2/h5,14-15,17H,1,6-13H2,2-4H3. The summed E-state index contributed by atoms with van der Waals surface area (Å²) in [5, 5.41) is 3.55. The van der Waals surface area contributed by atoms with Gasteiger partial charge in [0.2, 0.25) is 0 Å². The molecular formula is C16H31N. The Hall–Kier alpha value is -0.300. The predicted molar refractivity (Wildman–Crippen MR) is 77.2 cm³/mol. The van der Waals surface area contributed by atoms with Crippen molar-refractivity contribution in [2.75, 3.05) is 13.1 Å². The lowest BCUT2D eigenvalue weighted by Gasteiger charge is -2.41. The van der Waals surface area contributed by atoms with Gasteiger partial charge in [0.05, 0.1) is 0 Å². The fourth-order valence-electron chi connectivity index (χ4n) is 3.25. The molecule has 0 aromatic carbocycles. The summed E-state index contributed by atoms with van der Waals surface area (Å²) in [5.74, 6) is 1.84. The van der Waals surface area contributed by atoms with E-state index in [1.165, 1.54) is 45.1 Å². The van der Waals surface area contributed by atoms with Crippen molar-refractivity contribution in [2.24, 2.45) is 17.3 Å². The molecule has 0 spiro atoms. The maximum Gasteiger partial charge on any atom is -0.00180 e. The third-order valence-corrected chi connectivity index (χ3v) is 4.31. The first-order chi connectivity index (χ1) is 8.09. The first kappa shape index (κ1) is 14.8. The van der Waals surface area contributed by atoms with Gasteiger partial charge in [-0.15, -0.1) is 6.58 Å². The van der Waals surface area contributed by atoms with Crippen LogP contribution in [-0.2, 0) is 0 Å². The fraction of sp³-hybridized carbons (Fsp3) is 0.875. The highest BCUT2D eigenvalue weighted by atomic mass is 14.8. The molecule has 0 aromatic heterocycles. The quantitative estimate of drug-likeness (QED) is 0.511. The van der Waals surface area contributed by atoms with Crippen LogP contribution in [0.3, 0.4) is 0 Å². The largest absolute Gasteiger partial charge is 0.317 e. The van der Waals surface area contributed by atoms with Crippen LogP contribution in [0.1, 0.15) is 59.3 Å². The molecule has 1 saturated carbocycles. The van der Waals surface area contributed by atoms with Gasteiger partial charge in [0.1, 0.15) is 0 Å². The van der Waals surface area contributed by atoms with E-state index in [0.717, 1.165) is 18.4 Å². The highest BCUT2D eigenvalue weighted by Gasteiger charge is 2.33. The van der Waals surface area contributed by atoms with Crippen molar-refractivity contribution in [3.63, 3.8) is 0 Å². The molecule has 0 saturated heterocycles. The summed E-state index contributed by atoms with van der Waals surface area (Å²) in [6, 6.07) is 0. The summed E-state index contributed by atoms with van der Waals surface area (Å²) >= 11 is 0. The summed E-state index contributed by atoms with van der Waals surface area (Å²) in [7, 11) is 0. The molecular weight excluding hydrogens is 206 g/mol. The Balaban J connectivity index is 2.45. The molecule has 0 aromatic rings. The lowest BCUT2D eigenvalue weighted by molar-refractivity contribution is 0.109. The molecule has 0 heterocycles. The Labute approximate surface area is 108 Å². The first-order valence-electron chi connectivity index (χ1n) is 7.40. The molecule has 2 unspecified atom stereocenters. The second-order valence-corrected chi connectivity index (χ2v) is 6.45. The molecule has 100 valence electrons. The second kappa shape index (κ2) is 7.20. The molecule has 1 N–H and O–H groups in total. The van der Waals surface area contributed by atoms with Crippen molar-refractivity contribution in [3.8, 4) is 0 Å². The zero-order chi connectivity index (χ0) is 12.7. The van der Waals surface area contributed by atoms with E-state index < -0.39 is 0 Å². The third kappa shape index (κ3) is 5.25. The molecule has 1 rings (SSSR count). The van der Waals surface area contributed by atoms with Crippen molar-refractivity contribution < 1.29 is 0 Å². The van der Waals surface area contributed by atoms with Gasteiger partial charge in [-0.2, -0.15) is 0 Å². The molecule has 1 aliphatic carbocycles. The number of unbranched alkanes of at least 4 members (excludes halogenated alkanes) is 1. The molecule has 1 heteroatoms. The minimum atomic E-state index is 0.571. The number of hydrogen-bond donors (Lipinski definition) is 1. The van der Waals surface area contributed by atoms with Crippen LogP contribution in [0.15, 0.2) is 12.7 Å². The van der Waals surface area contributed by atoms with E-state index in [1.54, 1.807) is 0 Å². The average molecular weight is 237 g/mol. The van der Waals surface area contributed by atoms with Gasteiger partial charge < -0.3 is 5.32 Å². The maximum absolute atomic E-state index is 3.83. The van der Waals surface area contributed by atoms with E-state index in [-0.39, 0.29) is 0 Å². The van der Waals surface area contributed by atoms with Crippen LogP contribution >= 0.6 is 0 Å². The van der Waals surface area contributed by atoms with Gasteiger partial charge >= 0.3 is 0 Å². The summed E-state index contributed by atoms with van der Waals surface area (Å²) in [4.78, 5) is 0. The Kier molecular flexibility index (Phi) is 6.26. The Morgan fingerprint density at radius 2 is 2.12 bits per heavy atom. The zero-order valence-corrected chi connectivity index (χ0v) is 12.1. The van der Waals surface area contributed by atoms with Crippen molar-refractivity contribution in [2.45, 2.75) is 59.3 Å². The van der Waals surface area contributed by atoms with Gasteiger partial charge in [-0.25, -0.2) is 0 Å². The van der Waals surface area contributed by atoms with Crippen LogP contribution < -0.4 is 5.32 Å². The predicted octanol–water partition coefficient (Wildman–Crippen LogP) is 4.39. The first-order valence-corrected chi connectivity index (χ1v) is 7.40. The van der Waals surface area contributed by atoms with Gasteiger partial charge in [-0.05, 0) is 68.9 Å². The van der Waals surface area contributed by atoms with E-state index in [0.29, 0.717) is 5.41 Å². The number of nitrogens with one attached hydrogen (secondary N) is 1. The molecule has 0 aliphatic heterocycles. The van der Waals surface area contributed by atoms with Gasteiger partial charge in [0.25, 0.3) is 0 Å². The third-order valence-electron chi connectivity index (χ3n) is 4.31. The van der Waals surface area contributed by atoms with E-state index in [2.05, 4.69) is 38.7 Å². The molecule has 2 atom stereocenters. The summed E-state index contributed by atoms with van der Waals surface area (Å²) in [6.45, 7) is 13.3. The van der Waals surface area contributed by atoms with Crippen LogP contribution in [0.25, 0.3) is 0 Å². The normalized spacial score (nSPS) is 27.9. The average Bonchev–Trinajstić information content (AvgIpc) is 2.27. The highest BCUT2D eigenvalue weighted by molar-refractivity contribution is 4.86. The van der Waals surface area contributed by atoms with Crippen molar-refractivity contribution >= 4 is 0 Å². The Morgan fingerprint density at radius 3 is 2.76 bits per heavy atom. The SMILES string of the molecule is C=CCCCC1CC(C)(C)CCC1CNCC. The lowest BCUT2D eigenvalue weighted by atomic mass is 9.66. The molecule has 1 aliphatic rings. The Bertz CT molecular complexity index is 220. The number of allylic oxidation sites excluding steroid dienone is 1. The van der Waals surface area contributed by atoms with Gasteiger partial charge in [-0.1, -0.05) is 26.8 Å². The molecule has 0 radical (unpaired) electrons. The zero-order valence-electron chi connectivity index (χ0n) is 12.1. The highest BCUT2D eigenvalue weighted by Crippen LogP contribution is 2.43. The monoisotopic (exact) mass is 237 g/mol. The maximum atomic E-state index is 3.83. The van der Waals surface area contributed by atoms with Crippen LogP contribution in [0.2, 0.25) is 0 Å². The van der Waals surface area contributed by atoms with E-state index in [4.69, 9.17) is 0 Å². The minimum absolute atomic E-state index is 0.571. The van der Waals surface area contributed by atoms with Crippen LogP contribution in [0.5, 0.6) is 0 Å². The number of rotatable bonds is 7. The van der Waals surface area contributed by atoms with Crippen LogP contribution in [-0.4, -0.2) is 13.1 Å². The minimum Gasteiger partial charge on any atom is -0.317 e. The van der Waals surface area contributed by atoms with Crippen molar-refractivity contribution in [1.29, 1.82) is 0 Å². The number of hydrogen-bond acceptors (Lipinski definition) is 1. The second-order valence-electron chi connectivity index (χ2n) is 6.45. The lowest BCUT2D eigenvalue weighted by Crippen LogP contribution is -2.36. The topological polar surface area (TPSA) is 12.0 Å². The molecule has 17 heavy (non-hydrogen) atoms. The van der Waals surface area contributed by atoms with Crippen LogP contribution in [0, 0.1) is 17.3 Å². The van der Waals surface area contributed by atoms with Crippen LogP contribution in [0.4, 0.5) is 0 Å². The van der Waals surface area contributed by atoms with Crippen molar-refractivity contribution in [1.82, 2.24) is 5.32 Å². The Morgan fingerprint density at radius 1 is 1.35 bits per heavy atom. The van der Waals surface area contributed by atoms with E-state index >= 15 is 0 Å². The smallest absolute Gasteiger partial charge is 0.00180 e. The van der Waals surface area contributed by atoms with Gasteiger partial charge in [0.15, 0.2) is 0 Å². The summed E-state index contributed by atoms with van der Waals surface area (Å²) < 4.78 is 0. The van der Waals surface area contributed by atoms with E-state index in [9.17, 15) is 0 Å². The fourth-order valence-corrected chi connectivity index (χ4v) is 3.25. The van der Waals surface area contributed by atoms with Gasteiger partial charge in [0, 0.05) is 0 Å².